The van der Waals surface area contributed by atoms with Gasteiger partial charge in [-0.2, -0.15) is 0 Å². The average molecular weight is 379 g/mol. The van der Waals surface area contributed by atoms with Gasteiger partial charge in [0.1, 0.15) is 12.4 Å². The highest BCUT2D eigenvalue weighted by atomic mass is 19.1. The molecule has 0 radical (unpaired) electrons. The van der Waals surface area contributed by atoms with Gasteiger partial charge in [-0.1, -0.05) is 48.5 Å². The van der Waals surface area contributed by atoms with Crippen LogP contribution in [0.25, 0.3) is 0 Å². The fourth-order valence-electron chi connectivity index (χ4n) is 3.05. The molecule has 0 aliphatic heterocycles. The number of rotatable bonds is 9. The Kier molecular flexibility index (Phi) is 7.04. The number of benzene rings is 3. The average Bonchev–Trinajstić information content (AvgIpc) is 2.72. The monoisotopic (exact) mass is 379 g/mol. The molecule has 3 rings (SSSR count). The van der Waals surface area contributed by atoms with Gasteiger partial charge in [-0.15, -0.1) is 0 Å². The summed E-state index contributed by atoms with van der Waals surface area (Å²) in [6, 6.07) is 20.8. The summed E-state index contributed by atoms with van der Waals surface area (Å²) >= 11 is 0. The molecule has 0 aliphatic rings. The smallest absolute Gasteiger partial charge is 0.166 e. The van der Waals surface area contributed by atoms with Gasteiger partial charge in [0.2, 0.25) is 0 Å². The Morgan fingerprint density at radius 1 is 0.893 bits per heavy atom. The number of methoxy groups -OCH3 is 1. The maximum atomic E-state index is 13.0. The summed E-state index contributed by atoms with van der Waals surface area (Å²) in [6.07, 6.45) is 0.837. The minimum atomic E-state index is -0.205. The van der Waals surface area contributed by atoms with Gasteiger partial charge in [-0.25, -0.2) is 4.39 Å². The van der Waals surface area contributed by atoms with E-state index >= 15 is 0 Å². The summed E-state index contributed by atoms with van der Waals surface area (Å²) in [5.41, 5.74) is 4.52. The molecule has 0 bridgehead atoms. The van der Waals surface area contributed by atoms with Gasteiger partial charge in [-0.05, 0) is 54.8 Å². The number of nitrogens with one attached hydrogen (secondary N) is 1. The van der Waals surface area contributed by atoms with Gasteiger partial charge in [0.05, 0.1) is 7.11 Å². The highest BCUT2D eigenvalue weighted by Crippen LogP contribution is 2.32. The maximum Gasteiger partial charge on any atom is 0.166 e. The van der Waals surface area contributed by atoms with Crippen LogP contribution in [-0.4, -0.2) is 13.7 Å². The van der Waals surface area contributed by atoms with Crippen LogP contribution in [0.15, 0.2) is 66.7 Å². The second-order valence-electron chi connectivity index (χ2n) is 6.72. The van der Waals surface area contributed by atoms with Gasteiger partial charge in [0.25, 0.3) is 0 Å². The number of aryl methyl sites for hydroxylation is 1. The van der Waals surface area contributed by atoms with E-state index < -0.39 is 0 Å². The molecule has 0 saturated carbocycles. The SMILES string of the molecule is COc1cccc(CNCCc2ccc(F)cc2)c1OCc1ccccc1C. The fraction of sp³-hybridized carbons (Fsp3) is 0.250. The van der Waals surface area contributed by atoms with Gasteiger partial charge >= 0.3 is 0 Å². The quantitative estimate of drug-likeness (QED) is 0.528. The topological polar surface area (TPSA) is 30.5 Å². The molecule has 0 unspecified atom stereocenters. The van der Waals surface area contributed by atoms with E-state index in [0.29, 0.717) is 13.2 Å². The molecular weight excluding hydrogens is 353 g/mol. The van der Waals surface area contributed by atoms with Gasteiger partial charge in [-0.3, -0.25) is 0 Å². The zero-order valence-electron chi connectivity index (χ0n) is 16.4. The maximum absolute atomic E-state index is 13.0. The van der Waals surface area contributed by atoms with Crippen molar-refractivity contribution in [2.24, 2.45) is 0 Å². The van der Waals surface area contributed by atoms with E-state index in [4.69, 9.17) is 9.47 Å². The van der Waals surface area contributed by atoms with Gasteiger partial charge in [0, 0.05) is 12.1 Å². The number of hydrogen-bond acceptors (Lipinski definition) is 3. The van der Waals surface area contributed by atoms with Crippen LogP contribution in [0.2, 0.25) is 0 Å². The molecule has 146 valence electrons. The predicted octanol–water partition coefficient (Wildman–Crippen LogP) is 5.05. The van der Waals surface area contributed by atoms with Crippen LogP contribution in [0.3, 0.4) is 0 Å². The molecule has 3 aromatic carbocycles. The van der Waals surface area contributed by atoms with Crippen LogP contribution in [0.4, 0.5) is 4.39 Å². The highest BCUT2D eigenvalue weighted by molar-refractivity contribution is 5.47. The molecule has 4 heteroatoms. The summed E-state index contributed by atoms with van der Waals surface area (Å²) in [5, 5.41) is 3.44. The summed E-state index contributed by atoms with van der Waals surface area (Å²) in [5.74, 6) is 1.29. The zero-order chi connectivity index (χ0) is 19.8. The Balaban J connectivity index is 1.62. The first-order chi connectivity index (χ1) is 13.7. The van der Waals surface area contributed by atoms with Crippen LogP contribution < -0.4 is 14.8 Å². The molecule has 0 amide bonds. The molecule has 3 nitrogen and oxygen atoms in total. The molecule has 0 heterocycles. The van der Waals surface area contributed by atoms with E-state index in [1.165, 1.54) is 17.7 Å². The second-order valence-corrected chi connectivity index (χ2v) is 6.72. The lowest BCUT2D eigenvalue weighted by Crippen LogP contribution is -2.17. The molecule has 0 aliphatic carbocycles. The van der Waals surface area contributed by atoms with Crippen LogP contribution in [-0.2, 0) is 19.6 Å². The fourth-order valence-corrected chi connectivity index (χ4v) is 3.05. The Morgan fingerprint density at radius 2 is 1.64 bits per heavy atom. The Labute approximate surface area is 166 Å². The lowest BCUT2D eigenvalue weighted by Gasteiger charge is -2.16. The normalized spacial score (nSPS) is 10.7. The number of ether oxygens (including phenoxy) is 2. The Bertz CT molecular complexity index is 893. The molecule has 0 fully saturated rings. The molecule has 1 N–H and O–H groups in total. The van der Waals surface area contributed by atoms with Gasteiger partial charge in [0.15, 0.2) is 11.5 Å². The van der Waals surface area contributed by atoms with Crippen molar-refractivity contribution in [2.45, 2.75) is 26.5 Å². The van der Waals surface area contributed by atoms with Crippen molar-refractivity contribution in [2.75, 3.05) is 13.7 Å². The van der Waals surface area contributed by atoms with Crippen molar-refractivity contribution in [3.63, 3.8) is 0 Å². The van der Waals surface area contributed by atoms with Gasteiger partial charge < -0.3 is 14.8 Å². The van der Waals surface area contributed by atoms with Crippen molar-refractivity contribution in [1.82, 2.24) is 5.32 Å². The van der Waals surface area contributed by atoms with Crippen LogP contribution in [0, 0.1) is 12.7 Å². The third-order valence-corrected chi connectivity index (χ3v) is 4.73. The molecule has 3 aromatic rings. The summed E-state index contributed by atoms with van der Waals surface area (Å²) < 4.78 is 24.6. The van der Waals surface area contributed by atoms with Crippen molar-refractivity contribution >= 4 is 0 Å². The third kappa shape index (κ3) is 5.33. The third-order valence-electron chi connectivity index (χ3n) is 4.73. The largest absolute Gasteiger partial charge is 0.493 e. The van der Waals surface area contributed by atoms with Crippen molar-refractivity contribution in [3.8, 4) is 11.5 Å². The summed E-state index contributed by atoms with van der Waals surface area (Å²) in [4.78, 5) is 0. The van der Waals surface area contributed by atoms with Crippen molar-refractivity contribution in [1.29, 1.82) is 0 Å². The first-order valence-corrected chi connectivity index (χ1v) is 9.45. The van der Waals surface area contributed by atoms with Crippen molar-refractivity contribution < 1.29 is 13.9 Å². The van der Waals surface area contributed by atoms with E-state index in [9.17, 15) is 4.39 Å². The minimum absolute atomic E-state index is 0.205. The Hall–Kier alpha value is -2.85. The van der Waals surface area contributed by atoms with E-state index in [0.717, 1.165) is 41.2 Å². The number of halogens is 1. The standard InChI is InChI=1S/C24H26FNO2/c1-18-6-3-4-7-21(18)17-28-24-20(8-5-9-23(24)27-2)16-26-15-14-19-10-12-22(25)13-11-19/h3-13,26H,14-17H2,1-2H3. The molecule has 28 heavy (non-hydrogen) atoms. The zero-order valence-corrected chi connectivity index (χ0v) is 16.4. The van der Waals surface area contributed by atoms with Crippen LogP contribution in [0.5, 0.6) is 11.5 Å². The number of hydrogen-bond donors (Lipinski definition) is 1. The van der Waals surface area contributed by atoms with Crippen LogP contribution >= 0.6 is 0 Å². The lowest BCUT2D eigenvalue weighted by molar-refractivity contribution is 0.280. The molecule has 0 saturated heterocycles. The molecular formula is C24H26FNO2. The van der Waals surface area contributed by atoms with E-state index in [1.807, 2.05) is 42.5 Å². The molecule has 0 aromatic heterocycles. The minimum Gasteiger partial charge on any atom is -0.493 e. The highest BCUT2D eigenvalue weighted by Gasteiger charge is 2.11. The van der Waals surface area contributed by atoms with E-state index in [2.05, 4.69) is 24.4 Å². The summed E-state index contributed by atoms with van der Waals surface area (Å²) in [6.45, 7) is 4.04. The summed E-state index contributed by atoms with van der Waals surface area (Å²) in [7, 11) is 1.65. The molecule has 0 atom stereocenters. The van der Waals surface area contributed by atoms with E-state index in [-0.39, 0.29) is 5.82 Å². The van der Waals surface area contributed by atoms with Crippen LogP contribution in [0.1, 0.15) is 22.3 Å². The van der Waals surface area contributed by atoms with E-state index in [1.54, 1.807) is 7.11 Å². The molecule has 0 spiro atoms. The first kappa shape index (κ1) is 19.9. The first-order valence-electron chi connectivity index (χ1n) is 9.45. The van der Waals surface area contributed by atoms with Crippen molar-refractivity contribution in [3.05, 3.63) is 94.8 Å². The lowest BCUT2D eigenvalue weighted by atomic mass is 10.1. The second kappa shape index (κ2) is 9.90. The Morgan fingerprint density at radius 3 is 2.39 bits per heavy atom. The number of para-hydroxylation sites is 1. The predicted molar refractivity (Wildman–Crippen MR) is 110 cm³/mol.